The first kappa shape index (κ1) is 16.1. The van der Waals surface area contributed by atoms with Gasteiger partial charge in [0.25, 0.3) is 0 Å². The number of hydrogen-bond donors (Lipinski definition) is 2. The zero-order valence-corrected chi connectivity index (χ0v) is 11.4. The number of carbonyl (C=O) groups excluding carboxylic acids is 1. The van der Waals surface area contributed by atoms with Crippen LogP contribution in [0.2, 0.25) is 0 Å². The lowest BCUT2D eigenvalue weighted by Gasteiger charge is -2.15. The highest BCUT2D eigenvalue weighted by molar-refractivity contribution is 5.90. The van der Waals surface area contributed by atoms with Gasteiger partial charge in [0.05, 0.1) is 0 Å². The maximum Gasteiger partial charge on any atom is 0.303 e. The minimum Gasteiger partial charge on any atom is -0.481 e. The first-order chi connectivity index (χ1) is 9.47. The fourth-order valence-corrected chi connectivity index (χ4v) is 1.69. The van der Waals surface area contributed by atoms with Gasteiger partial charge in [-0.1, -0.05) is 6.07 Å². The van der Waals surface area contributed by atoms with Gasteiger partial charge in [-0.3, -0.25) is 9.59 Å². The van der Waals surface area contributed by atoms with Crippen LogP contribution in [0.5, 0.6) is 0 Å². The number of carboxylic acids is 1. The molecule has 0 bridgehead atoms. The third-order valence-corrected chi connectivity index (χ3v) is 2.76. The van der Waals surface area contributed by atoms with Gasteiger partial charge >= 0.3 is 5.97 Å². The molecular weight excluding hydrogens is 263 g/mol. The minimum atomic E-state index is -0.817. The van der Waals surface area contributed by atoms with Crippen molar-refractivity contribution in [1.29, 1.82) is 0 Å². The fraction of sp³-hybridized carbons (Fsp3) is 0.429. The summed E-state index contributed by atoms with van der Waals surface area (Å²) in [6, 6.07) is 5.72. The zero-order chi connectivity index (χ0) is 15.0. The maximum absolute atomic E-state index is 12.9. The molecule has 0 spiro atoms. The Labute approximate surface area is 117 Å². The standard InChI is InChI=1S/C14H19FN2O3/c1-17(8-3-6-14(19)20)9-7-13(18)16-12-5-2-4-11(15)10-12/h2,4-5,10H,3,6-9H2,1H3,(H,16,18)(H,19,20). The minimum absolute atomic E-state index is 0.125. The summed E-state index contributed by atoms with van der Waals surface area (Å²) in [6.45, 7) is 1.15. The monoisotopic (exact) mass is 282 g/mol. The van der Waals surface area contributed by atoms with Crippen LogP contribution < -0.4 is 5.32 Å². The van der Waals surface area contributed by atoms with Crippen molar-refractivity contribution < 1.29 is 19.1 Å². The lowest BCUT2D eigenvalue weighted by atomic mass is 10.2. The lowest BCUT2D eigenvalue weighted by molar-refractivity contribution is -0.137. The van der Waals surface area contributed by atoms with E-state index in [1.165, 1.54) is 18.2 Å². The number of aliphatic carboxylic acids is 1. The van der Waals surface area contributed by atoms with E-state index in [0.717, 1.165) is 0 Å². The van der Waals surface area contributed by atoms with Crippen molar-refractivity contribution in [2.24, 2.45) is 0 Å². The normalized spacial score (nSPS) is 10.6. The molecule has 0 aromatic heterocycles. The number of halogens is 1. The number of carbonyl (C=O) groups is 2. The SMILES string of the molecule is CN(CCCC(=O)O)CCC(=O)Nc1cccc(F)c1. The molecule has 6 heteroatoms. The molecule has 1 amide bonds. The smallest absolute Gasteiger partial charge is 0.303 e. The average Bonchev–Trinajstić information content (AvgIpc) is 2.36. The number of nitrogens with zero attached hydrogens (tertiary/aromatic N) is 1. The quantitative estimate of drug-likeness (QED) is 0.764. The molecule has 0 atom stereocenters. The van der Waals surface area contributed by atoms with E-state index in [-0.39, 0.29) is 18.7 Å². The van der Waals surface area contributed by atoms with E-state index < -0.39 is 11.8 Å². The van der Waals surface area contributed by atoms with Gasteiger partial charge in [0.1, 0.15) is 5.82 Å². The van der Waals surface area contributed by atoms with Crippen molar-refractivity contribution in [2.45, 2.75) is 19.3 Å². The Kier molecular flexibility index (Phi) is 6.66. The molecule has 0 saturated carbocycles. The van der Waals surface area contributed by atoms with E-state index in [0.29, 0.717) is 25.2 Å². The fourth-order valence-electron chi connectivity index (χ4n) is 1.69. The summed E-state index contributed by atoms with van der Waals surface area (Å²) < 4.78 is 12.9. The molecule has 0 fully saturated rings. The molecule has 2 N–H and O–H groups in total. The van der Waals surface area contributed by atoms with Crippen LogP contribution in [0.3, 0.4) is 0 Å². The summed E-state index contributed by atoms with van der Waals surface area (Å²) in [7, 11) is 1.83. The average molecular weight is 282 g/mol. The Morgan fingerprint density at radius 3 is 2.70 bits per heavy atom. The van der Waals surface area contributed by atoms with Gasteiger partial charge in [-0.2, -0.15) is 0 Å². The summed E-state index contributed by atoms with van der Waals surface area (Å²) >= 11 is 0. The molecule has 0 radical (unpaired) electrons. The van der Waals surface area contributed by atoms with Crippen molar-refractivity contribution in [1.82, 2.24) is 4.90 Å². The van der Waals surface area contributed by atoms with E-state index in [2.05, 4.69) is 5.32 Å². The van der Waals surface area contributed by atoms with Gasteiger partial charge in [0, 0.05) is 25.1 Å². The molecule has 1 rings (SSSR count). The van der Waals surface area contributed by atoms with E-state index in [1.807, 2.05) is 11.9 Å². The highest BCUT2D eigenvalue weighted by Gasteiger charge is 2.06. The highest BCUT2D eigenvalue weighted by Crippen LogP contribution is 2.09. The van der Waals surface area contributed by atoms with Gasteiger partial charge in [0.2, 0.25) is 5.91 Å². The third kappa shape index (κ3) is 6.84. The van der Waals surface area contributed by atoms with Crippen molar-refractivity contribution in [3.8, 4) is 0 Å². The number of amides is 1. The highest BCUT2D eigenvalue weighted by atomic mass is 19.1. The van der Waals surface area contributed by atoms with Crippen LogP contribution in [0.25, 0.3) is 0 Å². The molecule has 1 aromatic rings. The molecule has 5 nitrogen and oxygen atoms in total. The molecule has 0 saturated heterocycles. The van der Waals surface area contributed by atoms with Crippen molar-refractivity contribution in [3.05, 3.63) is 30.1 Å². The Hall–Kier alpha value is -1.95. The van der Waals surface area contributed by atoms with E-state index >= 15 is 0 Å². The number of benzene rings is 1. The van der Waals surface area contributed by atoms with Crippen LogP contribution in [0, 0.1) is 5.82 Å². The molecule has 20 heavy (non-hydrogen) atoms. The lowest BCUT2D eigenvalue weighted by Crippen LogP contribution is -2.25. The molecule has 0 unspecified atom stereocenters. The van der Waals surface area contributed by atoms with Crippen molar-refractivity contribution in [3.63, 3.8) is 0 Å². The van der Waals surface area contributed by atoms with Crippen molar-refractivity contribution in [2.75, 3.05) is 25.5 Å². The van der Waals surface area contributed by atoms with Gasteiger partial charge in [-0.15, -0.1) is 0 Å². The third-order valence-electron chi connectivity index (χ3n) is 2.76. The molecule has 0 aliphatic carbocycles. The van der Waals surface area contributed by atoms with Crippen molar-refractivity contribution >= 4 is 17.6 Å². The second-order valence-corrected chi connectivity index (χ2v) is 4.61. The Morgan fingerprint density at radius 1 is 1.30 bits per heavy atom. The zero-order valence-electron chi connectivity index (χ0n) is 11.4. The van der Waals surface area contributed by atoms with Gasteiger partial charge in [-0.25, -0.2) is 4.39 Å². The number of carboxylic acid groups (broad SMARTS) is 1. The predicted molar refractivity (Wildman–Crippen MR) is 74.0 cm³/mol. The first-order valence-electron chi connectivity index (χ1n) is 6.43. The van der Waals surface area contributed by atoms with Gasteiger partial charge in [0.15, 0.2) is 0 Å². The van der Waals surface area contributed by atoms with Gasteiger partial charge in [-0.05, 0) is 38.2 Å². The van der Waals surface area contributed by atoms with Crippen LogP contribution in [-0.4, -0.2) is 42.0 Å². The number of rotatable bonds is 8. The summed E-state index contributed by atoms with van der Waals surface area (Å²) in [5.74, 6) is -1.41. The second kappa shape index (κ2) is 8.27. The van der Waals surface area contributed by atoms with E-state index in [4.69, 9.17) is 5.11 Å². The number of hydrogen-bond acceptors (Lipinski definition) is 3. The molecular formula is C14H19FN2O3. The second-order valence-electron chi connectivity index (χ2n) is 4.61. The topological polar surface area (TPSA) is 69.6 Å². The summed E-state index contributed by atoms with van der Waals surface area (Å²) in [5.41, 5.74) is 0.434. The van der Waals surface area contributed by atoms with Crippen LogP contribution in [0.15, 0.2) is 24.3 Å². The number of nitrogens with one attached hydrogen (secondary N) is 1. The summed E-state index contributed by atoms with van der Waals surface area (Å²) in [5, 5.41) is 11.1. The largest absolute Gasteiger partial charge is 0.481 e. The van der Waals surface area contributed by atoms with Crippen LogP contribution in [0.1, 0.15) is 19.3 Å². The predicted octanol–water partition coefficient (Wildman–Crippen LogP) is 1.95. The van der Waals surface area contributed by atoms with Crippen LogP contribution >= 0.6 is 0 Å². The van der Waals surface area contributed by atoms with E-state index in [9.17, 15) is 14.0 Å². The summed E-state index contributed by atoms with van der Waals surface area (Å²) in [4.78, 5) is 23.9. The van der Waals surface area contributed by atoms with Crippen LogP contribution in [0.4, 0.5) is 10.1 Å². The molecule has 0 aliphatic heterocycles. The molecule has 110 valence electrons. The first-order valence-corrected chi connectivity index (χ1v) is 6.43. The Balaban J connectivity index is 2.24. The van der Waals surface area contributed by atoms with Gasteiger partial charge < -0.3 is 15.3 Å². The van der Waals surface area contributed by atoms with E-state index in [1.54, 1.807) is 6.07 Å². The number of anilines is 1. The summed E-state index contributed by atoms with van der Waals surface area (Å²) in [6.07, 6.45) is 0.956. The Morgan fingerprint density at radius 2 is 2.05 bits per heavy atom. The molecule has 0 aliphatic rings. The maximum atomic E-state index is 12.9. The molecule has 1 aromatic carbocycles. The molecule has 0 heterocycles. The Bertz CT molecular complexity index is 465. The van der Waals surface area contributed by atoms with Crippen LogP contribution in [-0.2, 0) is 9.59 Å².